The Hall–Kier alpha value is -2.63. The van der Waals surface area contributed by atoms with Crippen molar-refractivity contribution in [2.45, 2.75) is 39.3 Å². The quantitative estimate of drug-likeness (QED) is 0.680. The van der Waals surface area contributed by atoms with Crippen molar-refractivity contribution in [1.29, 1.82) is 0 Å². The van der Waals surface area contributed by atoms with Crippen LogP contribution in [-0.4, -0.2) is 45.3 Å². The number of aliphatic imine (C=N–C) groups is 1. The zero-order valence-corrected chi connectivity index (χ0v) is 15.4. The van der Waals surface area contributed by atoms with Gasteiger partial charge in [-0.1, -0.05) is 36.4 Å². The standard InChI is InChI=1S/C20H26N6/c1-2-21-20(22-15-19-24-23-18-9-6-12-26(18)19)25-13-10-17(11-14-25)16-7-4-3-5-8-16/h3-5,7-8,10H,2,6,9,11-15H2,1H3,(H,21,22). The van der Waals surface area contributed by atoms with Crippen LogP contribution in [0.4, 0.5) is 0 Å². The first-order chi connectivity index (χ1) is 12.8. The summed E-state index contributed by atoms with van der Waals surface area (Å²) in [4.78, 5) is 7.15. The molecule has 0 unspecified atom stereocenters. The highest BCUT2D eigenvalue weighted by Gasteiger charge is 2.19. The number of nitrogens with one attached hydrogen (secondary N) is 1. The van der Waals surface area contributed by atoms with Crippen LogP contribution in [-0.2, 0) is 19.5 Å². The molecule has 0 atom stereocenters. The van der Waals surface area contributed by atoms with E-state index in [2.05, 4.69) is 68.3 Å². The molecule has 2 aliphatic heterocycles. The van der Waals surface area contributed by atoms with E-state index in [1.165, 1.54) is 17.6 Å². The maximum Gasteiger partial charge on any atom is 0.194 e. The Labute approximate surface area is 154 Å². The zero-order valence-electron chi connectivity index (χ0n) is 15.4. The molecule has 136 valence electrons. The number of hydrogen-bond donors (Lipinski definition) is 1. The first kappa shape index (κ1) is 16.8. The first-order valence-corrected chi connectivity index (χ1v) is 9.54. The summed E-state index contributed by atoms with van der Waals surface area (Å²) in [6, 6.07) is 10.6. The van der Waals surface area contributed by atoms with Gasteiger partial charge in [-0.3, -0.25) is 0 Å². The Balaban J connectivity index is 1.46. The number of rotatable bonds is 4. The lowest BCUT2D eigenvalue weighted by molar-refractivity contribution is 0.439. The van der Waals surface area contributed by atoms with E-state index in [0.717, 1.165) is 56.6 Å². The predicted octanol–water partition coefficient (Wildman–Crippen LogP) is 2.48. The molecule has 0 aliphatic carbocycles. The topological polar surface area (TPSA) is 58.3 Å². The van der Waals surface area contributed by atoms with E-state index in [4.69, 9.17) is 4.99 Å². The molecule has 2 aliphatic rings. The van der Waals surface area contributed by atoms with Crippen LogP contribution in [0, 0.1) is 0 Å². The van der Waals surface area contributed by atoms with E-state index in [0.29, 0.717) is 6.54 Å². The fourth-order valence-corrected chi connectivity index (χ4v) is 3.68. The molecule has 6 heteroatoms. The third kappa shape index (κ3) is 3.49. The Bertz CT molecular complexity index is 805. The molecule has 6 nitrogen and oxygen atoms in total. The van der Waals surface area contributed by atoms with Crippen molar-refractivity contribution in [2.75, 3.05) is 19.6 Å². The van der Waals surface area contributed by atoms with Gasteiger partial charge in [-0.2, -0.15) is 0 Å². The number of aromatic nitrogens is 3. The minimum atomic E-state index is 0.584. The Morgan fingerprint density at radius 3 is 2.81 bits per heavy atom. The molecular weight excluding hydrogens is 324 g/mol. The summed E-state index contributed by atoms with van der Waals surface area (Å²) in [6.45, 7) is 6.44. The third-order valence-electron chi connectivity index (χ3n) is 5.04. The molecule has 1 aromatic heterocycles. The van der Waals surface area contributed by atoms with Gasteiger partial charge in [0.2, 0.25) is 0 Å². The van der Waals surface area contributed by atoms with Gasteiger partial charge in [0.25, 0.3) is 0 Å². The molecule has 0 fully saturated rings. The van der Waals surface area contributed by atoms with Crippen LogP contribution >= 0.6 is 0 Å². The average Bonchev–Trinajstić information content (AvgIpc) is 3.30. The highest BCUT2D eigenvalue weighted by Crippen LogP contribution is 2.22. The minimum Gasteiger partial charge on any atom is -0.356 e. The number of aryl methyl sites for hydroxylation is 1. The average molecular weight is 350 g/mol. The Morgan fingerprint density at radius 1 is 1.15 bits per heavy atom. The lowest BCUT2D eigenvalue weighted by Gasteiger charge is -2.29. The van der Waals surface area contributed by atoms with Crippen LogP contribution in [0.2, 0.25) is 0 Å². The van der Waals surface area contributed by atoms with Gasteiger partial charge in [-0.15, -0.1) is 10.2 Å². The van der Waals surface area contributed by atoms with Crippen molar-refractivity contribution in [2.24, 2.45) is 4.99 Å². The van der Waals surface area contributed by atoms with Crippen LogP contribution in [0.25, 0.3) is 5.57 Å². The molecule has 0 radical (unpaired) electrons. The van der Waals surface area contributed by atoms with Crippen molar-refractivity contribution < 1.29 is 0 Å². The van der Waals surface area contributed by atoms with Crippen LogP contribution < -0.4 is 5.32 Å². The lowest BCUT2D eigenvalue weighted by atomic mass is 10.00. The molecule has 0 saturated carbocycles. The smallest absolute Gasteiger partial charge is 0.194 e. The number of fused-ring (bicyclic) bond motifs is 1. The van der Waals surface area contributed by atoms with Crippen LogP contribution in [0.15, 0.2) is 41.4 Å². The second-order valence-corrected chi connectivity index (χ2v) is 6.75. The molecule has 3 heterocycles. The largest absolute Gasteiger partial charge is 0.356 e. The summed E-state index contributed by atoms with van der Waals surface area (Å²) >= 11 is 0. The van der Waals surface area contributed by atoms with Crippen molar-refractivity contribution in [3.05, 3.63) is 53.6 Å². The fraction of sp³-hybridized carbons (Fsp3) is 0.450. The molecule has 1 aromatic carbocycles. The van der Waals surface area contributed by atoms with E-state index in [9.17, 15) is 0 Å². The number of hydrogen-bond acceptors (Lipinski definition) is 3. The van der Waals surface area contributed by atoms with Gasteiger partial charge in [-0.05, 0) is 30.9 Å². The van der Waals surface area contributed by atoms with E-state index >= 15 is 0 Å². The molecule has 4 rings (SSSR count). The van der Waals surface area contributed by atoms with Crippen LogP contribution in [0.3, 0.4) is 0 Å². The molecule has 2 aromatic rings. The minimum absolute atomic E-state index is 0.584. The SMILES string of the molecule is CCNC(=NCc1nnc2n1CCC2)N1CC=C(c2ccccc2)CC1. The molecule has 26 heavy (non-hydrogen) atoms. The van der Waals surface area contributed by atoms with Gasteiger partial charge < -0.3 is 14.8 Å². The van der Waals surface area contributed by atoms with Crippen molar-refractivity contribution in [1.82, 2.24) is 25.0 Å². The molecule has 0 spiro atoms. The lowest BCUT2D eigenvalue weighted by Crippen LogP contribution is -2.43. The highest BCUT2D eigenvalue weighted by molar-refractivity contribution is 5.81. The van der Waals surface area contributed by atoms with E-state index in [-0.39, 0.29) is 0 Å². The van der Waals surface area contributed by atoms with E-state index < -0.39 is 0 Å². The second kappa shape index (κ2) is 7.72. The number of guanidine groups is 1. The fourth-order valence-electron chi connectivity index (χ4n) is 3.68. The summed E-state index contributed by atoms with van der Waals surface area (Å²) in [5.41, 5.74) is 2.75. The number of benzene rings is 1. The Morgan fingerprint density at radius 2 is 2.04 bits per heavy atom. The van der Waals surface area contributed by atoms with Gasteiger partial charge >= 0.3 is 0 Å². The third-order valence-corrected chi connectivity index (χ3v) is 5.04. The summed E-state index contributed by atoms with van der Waals surface area (Å²) in [6.07, 6.45) is 5.56. The molecule has 0 bridgehead atoms. The van der Waals surface area contributed by atoms with Crippen LogP contribution in [0.1, 0.15) is 37.0 Å². The van der Waals surface area contributed by atoms with Crippen molar-refractivity contribution in [3.63, 3.8) is 0 Å². The maximum atomic E-state index is 4.83. The molecular formula is C20H26N6. The summed E-state index contributed by atoms with van der Waals surface area (Å²) in [7, 11) is 0. The number of nitrogens with zero attached hydrogens (tertiary/aromatic N) is 5. The van der Waals surface area contributed by atoms with Crippen molar-refractivity contribution in [3.8, 4) is 0 Å². The summed E-state index contributed by atoms with van der Waals surface area (Å²) in [5.74, 6) is 3.05. The van der Waals surface area contributed by atoms with Gasteiger partial charge in [0, 0.05) is 32.6 Å². The van der Waals surface area contributed by atoms with Crippen LogP contribution in [0.5, 0.6) is 0 Å². The molecule has 0 amide bonds. The summed E-state index contributed by atoms with van der Waals surface area (Å²) in [5, 5.41) is 12.0. The van der Waals surface area contributed by atoms with Gasteiger partial charge in [-0.25, -0.2) is 4.99 Å². The van der Waals surface area contributed by atoms with Gasteiger partial charge in [0.1, 0.15) is 12.4 Å². The Kier molecular flexibility index (Phi) is 5.00. The first-order valence-electron chi connectivity index (χ1n) is 9.54. The highest BCUT2D eigenvalue weighted by atomic mass is 15.3. The van der Waals surface area contributed by atoms with E-state index in [1.54, 1.807) is 0 Å². The summed E-state index contributed by atoms with van der Waals surface area (Å²) < 4.78 is 2.22. The van der Waals surface area contributed by atoms with E-state index in [1.807, 2.05) is 0 Å². The predicted molar refractivity (Wildman–Crippen MR) is 104 cm³/mol. The van der Waals surface area contributed by atoms with Crippen molar-refractivity contribution >= 4 is 11.5 Å². The van der Waals surface area contributed by atoms with Gasteiger partial charge in [0.05, 0.1) is 0 Å². The molecule has 1 N–H and O–H groups in total. The second-order valence-electron chi connectivity index (χ2n) is 6.75. The normalized spacial score (nSPS) is 17.2. The maximum absolute atomic E-state index is 4.83. The van der Waals surface area contributed by atoms with Gasteiger partial charge in [0.15, 0.2) is 11.8 Å². The zero-order chi connectivity index (χ0) is 17.8. The monoisotopic (exact) mass is 350 g/mol. The molecule has 0 saturated heterocycles.